The van der Waals surface area contributed by atoms with E-state index in [2.05, 4.69) is 0 Å². The van der Waals surface area contributed by atoms with Gasteiger partial charge in [0.05, 0.1) is 15.1 Å². The van der Waals surface area contributed by atoms with E-state index in [-0.39, 0.29) is 26.2 Å². The molecule has 29 heavy (non-hydrogen) atoms. The molecular formula is C19H12Cl4O5S. The molecule has 0 aliphatic heterocycles. The summed E-state index contributed by atoms with van der Waals surface area (Å²) in [6.45, 7) is 0. The molecule has 3 aromatic carbocycles. The lowest BCUT2D eigenvalue weighted by atomic mass is 9.83. The Morgan fingerprint density at radius 2 is 1.41 bits per heavy atom. The van der Waals surface area contributed by atoms with Crippen LogP contribution in [-0.4, -0.2) is 23.2 Å². The van der Waals surface area contributed by atoms with E-state index in [9.17, 15) is 23.2 Å². The summed E-state index contributed by atoms with van der Waals surface area (Å²) < 4.78 is 33.9. The molecule has 0 saturated heterocycles. The van der Waals surface area contributed by atoms with Gasteiger partial charge in [0, 0.05) is 22.2 Å². The van der Waals surface area contributed by atoms with Gasteiger partial charge in [-0.3, -0.25) is 4.55 Å². The van der Waals surface area contributed by atoms with Crippen LogP contribution in [0.4, 0.5) is 0 Å². The smallest absolute Gasteiger partial charge is 0.283 e. The Balaban J connectivity index is 2.67. The third-order valence-electron chi connectivity index (χ3n) is 4.40. The van der Waals surface area contributed by atoms with Crippen LogP contribution in [0.3, 0.4) is 0 Å². The number of rotatable bonds is 4. The van der Waals surface area contributed by atoms with Gasteiger partial charge in [-0.05, 0) is 17.7 Å². The molecule has 3 rings (SSSR count). The van der Waals surface area contributed by atoms with E-state index < -0.39 is 37.0 Å². The number of hydrogen-bond donors (Lipinski definition) is 3. The van der Waals surface area contributed by atoms with Crippen LogP contribution in [0.2, 0.25) is 20.1 Å². The van der Waals surface area contributed by atoms with E-state index in [1.54, 1.807) is 6.07 Å². The molecule has 5 nitrogen and oxygen atoms in total. The summed E-state index contributed by atoms with van der Waals surface area (Å²) in [5.41, 5.74) is -0.719. The van der Waals surface area contributed by atoms with E-state index in [1.807, 2.05) is 0 Å². The number of halogens is 4. The molecule has 0 saturated carbocycles. The zero-order chi connectivity index (χ0) is 21.6. The van der Waals surface area contributed by atoms with Crippen LogP contribution in [0.1, 0.15) is 16.7 Å². The summed E-state index contributed by atoms with van der Waals surface area (Å²) in [6.07, 6.45) is 0. The van der Waals surface area contributed by atoms with Gasteiger partial charge in [-0.15, -0.1) is 0 Å². The molecule has 10 heteroatoms. The molecule has 0 aliphatic carbocycles. The molecular weight excluding hydrogens is 482 g/mol. The normalized spacial score (nSPS) is 13.8. The molecule has 0 fully saturated rings. The minimum atomic E-state index is -5.14. The molecule has 152 valence electrons. The Bertz CT molecular complexity index is 1170. The van der Waals surface area contributed by atoms with Crippen molar-refractivity contribution in [2.45, 2.75) is 4.75 Å². The molecule has 0 heterocycles. The highest BCUT2D eigenvalue weighted by molar-refractivity contribution is 7.87. The molecule has 0 radical (unpaired) electrons. The average molecular weight is 494 g/mol. The second-order valence-electron chi connectivity index (χ2n) is 6.06. The maximum atomic E-state index is 13.0. The minimum Gasteiger partial charge on any atom is -0.508 e. The molecule has 0 amide bonds. The standard InChI is InChI=1S/C19H12Cl4O5S/c20-11-6-7-12(14(24)8-11)19(29(26,27)28,10-4-2-1-3-5-10)16-17(22)13(21)9-15(25)18(16)23/h1-9,24-25H,(H,26,27,28). The van der Waals surface area contributed by atoms with Gasteiger partial charge in [0.15, 0.2) is 4.75 Å². The van der Waals surface area contributed by atoms with Gasteiger partial charge in [0.2, 0.25) is 0 Å². The lowest BCUT2D eigenvalue weighted by Crippen LogP contribution is -2.39. The highest BCUT2D eigenvalue weighted by atomic mass is 35.5. The van der Waals surface area contributed by atoms with Gasteiger partial charge in [0.1, 0.15) is 11.5 Å². The predicted molar refractivity (Wildman–Crippen MR) is 114 cm³/mol. The number of phenolic OH excluding ortho intramolecular Hbond substituents is 2. The Labute approximate surface area is 186 Å². The molecule has 0 aliphatic rings. The van der Waals surface area contributed by atoms with Crippen molar-refractivity contribution in [2.24, 2.45) is 0 Å². The third kappa shape index (κ3) is 3.54. The van der Waals surface area contributed by atoms with Crippen molar-refractivity contribution in [2.75, 3.05) is 0 Å². The van der Waals surface area contributed by atoms with E-state index in [1.165, 1.54) is 36.4 Å². The van der Waals surface area contributed by atoms with Crippen LogP contribution >= 0.6 is 46.4 Å². The Morgan fingerprint density at radius 3 is 1.97 bits per heavy atom. The highest BCUT2D eigenvalue weighted by Gasteiger charge is 2.53. The largest absolute Gasteiger partial charge is 0.508 e. The first kappa shape index (κ1) is 22.0. The van der Waals surface area contributed by atoms with Crippen molar-refractivity contribution >= 4 is 56.5 Å². The van der Waals surface area contributed by atoms with Crippen molar-refractivity contribution in [1.82, 2.24) is 0 Å². The first-order valence-corrected chi connectivity index (χ1v) is 10.9. The molecule has 3 aromatic rings. The number of benzene rings is 3. The van der Waals surface area contributed by atoms with Crippen molar-refractivity contribution in [1.29, 1.82) is 0 Å². The van der Waals surface area contributed by atoms with Gasteiger partial charge in [-0.1, -0.05) is 82.8 Å². The van der Waals surface area contributed by atoms with Crippen LogP contribution in [0.5, 0.6) is 11.5 Å². The number of hydrogen-bond acceptors (Lipinski definition) is 4. The average Bonchev–Trinajstić information content (AvgIpc) is 2.64. The Morgan fingerprint density at radius 1 is 0.793 bits per heavy atom. The third-order valence-corrected chi connectivity index (χ3v) is 7.23. The van der Waals surface area contributed by atoms with Gasteiger partial charge >= 0.3 is 0 Å². The SMILES string of the molecule is O=S(=O)(O)C(c1ccccc1)(c1ccc(Cl)cc1O)c1c(Cl)c(O)cc(Cl)c1Cl. The van der Waals surface area contributed by atoms with Crippen LogP contribution in [-0.2, 0) is 14.9 Å². The highest BCUT2D eigenvalue weighted by Crippen LogP contribution is 2.54. The molecule has 0 spiro atoms. The lowest BCUT2D eigenvalue weighted by Gasteiger charge is -2.34. The van der Waals surface area contributed by atoms with Gasteiger partial charge in [0.25, 0.3) is 10.1 Å². The Hall–Kier alpha value is -1.67. The summed E-state index contributed by atoms with van der Waals surface area (Å²) >= 11 is 24.6. The summed E-state index contributed by atoms with van der Waals surface area (Å²) in [5.74, 6) is -1.11. The zero-order valence-electron chi connectivity index (χ0n) is 14.3. The maximum Gasteiger partial charge on any atom is 0.283 e. The fourth-order valence-corrected chi connectivity index (χ4v) is 5.68. The van der Waals surface area contributed by atoms with Crippen molar-refractivity contribution in [3.8, 4) is 11.5 Å². The van der Waals surface area contributed by atoms with Crippen LogP contribution in [0.15, 0.2) is 54.6 Å². The monoisotopic (exact) mass is 492 g/mol. The van der Waals surface area contributed by atoms with Gasteiger partial charge in [-0.2, -0.15) is 8.42 Å². The first-order chi connectivity index (χ1) is 13.5. The fraction of sp³-hybridized carbons (Fsp3) is 0.0526. The van der Waals surface area contributed by atoms with Crippen molar-refractivity contribution in [3.63, 3.8) is 0 Å². The number of aromatic hydroxyl groups is 2. The molecule has 0 aromatic heterocycles. The summed E-state index contributed by atoms with van der Waals surface area (Å²) in [7, 11) is -5.14. The zero-order valence-corrected chi connectivity index (χ0v) is 18.1. The minimum absolute atomic E-state index is 0.00871. The van der Waals surface area contributed by atoms with E-state index in [0.717, 1.165) is 12.1 Å². The topological polar surface area (TPSA) is 94.8 Å². The van der Waals surface area contributed by atoms with E-state index >= 15 is 0 Å². The first-order valence-electron chi connectivity index (χ1n) is 7.90. The quantitative estimate of drug-likeness (QED) is 0.239. The lowest BCUT2D eigenvalue weighted by molar-refractivity contribution is 0.439. The van der Waals surface area contributed by atoms with Gasteiger partial charge < -0.3 is 10.2 Å². The van der Waals surface area contributed by atoms with Gasteiger partial charge in [-0.25, -0.2) is 0 Å². The van der Waals surface area contributed by atoms with Crippen molar-refractivity contribution < 1.29 is 23.2 Å². The maximum absolute atomic E-state index is 13.0. The number of phenols is 2. The van der Waals surface area contributed by atoms with Crippen LogP contribution in [0, 0.1) is 0 Å². The van der Waals surface area contributed by atoms with Crippen molar-refractivity contribution in [3.05, 3.63) is 91.4 Å². The fourth-order valence-electron chi connectivity index (χ4n) is 3.23. The second-order valence-corrected chi connectivity index (χ2v) is 9.23. The van der Waals surface area contributed by atoms with Crippen LogP contribution < -0.4 is 0 Å². The second kappa shape index (κ2) is 7.87. The predicted octanol–water partition coefficient (Wildman–Crippen LogP) is 5.89. The summed E-state index contributed by atoms with van der Waals surface area (Å²) in [5, 5.41) is 19.9. The van der Waals surface area contributed by atoms with E-state index in [4.69, 9.17) is 46.4 Å². The molecule has 0 bridgehead atoms. The molecule has 3 N–H and O–H groups in total. The summed E-state index contributed by atoms with van der Waals surface area (Å²) in [4.78, 5) is 0. The van der Waals surface area contributed by atoms with Crippen LogP contribution in [0.25, 0.3) is 0 Å². The Kier molecular flexibility index (Phi) is 5.98. The molecule has 1 unspecified atom stereocenters. The molecule has 1 atom stereocenters. The van der Waals surface area contributed by atoms with E-state index in [0.29, 0.717) is 0 Å². The summed E-state index contributed by atoms with van der Waals surface area (Å²) in [6, 6.07) is 12.1.